The third-order valence-electron chi connectivity index (χ3n) is 18.0. The smallest absolute Gasteiger partial charge is 0.0301 e. The fourth-order valence-corrected chi connectivity index (χ4v) is 13.0. The Kier molecular flexibility index (Phi) is 25.5. The number of fused-ring (bicyclic) bond motifs is 4. The molecular formula is C85H98N4. The van der Waals surface area contributed by atoms with Crippen LogP contribution in [0.5, 0.6) is 0 Å². The van der Waals surface area contributed by atoms with Crippen LogP contribution >= 0.6 is 0 Å². The van der Waals surface area contributed by atoms with Gasteiger partial charge in [0.1, 0.15) is 0 Å². The lowest BCUT2D eigenvalue weighted by Gasteiger charge is -2.26. The van der Waals surface area contributed by atoms with Gasteiger partial charge in [0.2, 0.25) is 0 Å². The van der Waals surface area contributed by atoms with Gasteiger partial charge in [-0.25, -0.2) is 0 Å². The van der Waals surface area contributed by atoms with Gasteiger partial charge in [-0.1, -0.05) is 298 Å². The monoisotopic (exact) mass is 1170 g/mol. The van der Waals surface area contributed by atoms with E-state index in [0.29, 0.717) is 24.2 Å². The molecule has 0 bridgehead atoms. The molecule has 458 valence electrons. The van der Waals surface area contributed by atoms with E-state index in [1.165, 1.54) is 138 Å². The molecule has 0 amide bonds. The maximum atomic E-state index is 3.74. The van der Waals surface area contributed by atoms with E-state index in [4.69, 9.17) is 0 Å². The number of nitrogens with one attached hydrogen (secondary N) is 4. The summed E-state index contributed by atoms with van der Waals surface area (Å²) in [6, 6.07) is 90.1. The Balaban J connectivity index is 0.000000141. The second kappa shape index (κ2) is 34.7. The van der Waals surface area contributed by atoms with Crippen LogP contribution in [0, 0.1) is 25.7 Å². The normalized spacial score (nSPS) is 15.3. The standard InChI is InChI=1S/C22H31N.C22H25N.C22H23N.C19H19N/c3*1-17-8-5-9-19(16-17)10-7-15-23-18(2)21-14-6-12-20-11-3-4-13-22(20)21;1-15(20-14-16-8-3-2-4-9-16)18-13-7-11-17-10-5-6-12-19(17)18/h3-4,6,11-14,17-19,23H,5,7-10,15-16H2,1-2H3;3-6,8-9,11-14,16,18,23H,7,10,15H2,1-2H3;3-14,16,18,23H,15H2,1-2H3;2-13,15,20H,14H2,1H3/b;;10-7+;/t17?,18-,19?;2*18-;15-/m1111/s1. The van der Waals surface area contributed by atoms with E-state index in [1.54, 1.807) is 0 Å². The van der Waals surface area contributed by atoms with Gasteiger partial charge < -0.3 is 21.3 Å². The van der Waals surface area contributed by atoms with Crippen molar-refractivity contribution in [3.05, 3.63) is 305 Å². The molecule has 1 saturated carbocycles. The van der Waals surface area contributed by atoms with Crippen molar-refractivity contribution in [2.45, 2.75) is 131 Å². The molecule has 6 atom stereocenters. The van der Waals surface area contributed by atoms with Gasteiger partial charge in [-0.05, 0) is 181 Å². The molecule has 0 spiro atoms. The molecule has 11 aromatic rings. The number of hydrogen-bond acceptors (Lipinski definition) is 4. The summed E-state index contributed by atoms with van der Waals surface area (Å²) >= 11 is 0. The van der Waals surface area contributed by atoms with Gasteiger partial charge in [0, 0.05) is 37.3 Å². The van der Waals surface area contributed by atoms with Crippen LogP contribution in [0.2, 0.25) is 0 Å². The number of rotatable bonds is 21. The largest absolute Gasteiger partial charge is 0.310 e. The minimum absolute atomic E-state index is 0.322. The molecule has 0 heterocycles. The zero-order valence-corrected chi connectivity index (χ0v) is 54.3. The summed E-state index contributed by atoms with van der Waals surface area (Å²) in [4.78, 5) is 0. The molecule has 4 heteroatoms. The van der Waals surface area contributed by atoms with E-state index in [-0.39, 0.29) is 0 Å². The summed E-state index contributed by atoms with van der Waals surface area (Å²) in [6.07, 6.45) is 15.2. The van der Waals surface area contributed by atoms with Crippen LogP contribution in [0.3, 0.4) is 0 Å². The van der Waals surface area contributed by atoms with Gasteiger partial charge in [0.25, 0.3) is 0 Å². The highest BCUT2D eigenvalue weighted by atomic mass is 14.9. The lowest BCUT2D eigenvalue weighted by molar-refractivity contribution is 0.264. The summed E-state index contributed by atoms with van der Waals surface area (Å²) < 4.78 is 0. The number of hydrogen-bond donors (Lipinski definition) is 4. The first kappa shape index (κ1) is 65.5. The highest BCUT2D eigenvalue weighted by Gasteiger charge is 2.19. The van der Waals surface area contributed by atoms with E-state index in [9.17, 15) is 0 Å². The Morgan fingerprint density at radius 1 is 0.404 bits per heavy atom. The van der Waals surface area contributed by atoms with Crippen molar-refractivity contribution in [2.24, 2.45) is 11.8 Å². The molecule has 1 aliphatic carbocycles. The molecule has 4 nitrogen and oxygen atoms in total. The summed E-state index contributed by atoms with van der Waals surface area (Å²) in [5.74, 6) is 1.93. The molecule has 1 aliphatic rings. The van der Waals surface area contributed by atoms with Crippen molar-refractivity contribution < 1.29 is 0 Å². The molecule has 11 aromatic carbocycles. The van der Waals surface area contributed by atoms with Crippen molar-refractivity contribution in [3.8, 4) is 0 Å². The minimum Gasteiger partial charge on any atom is -0.310 e. The Morgan fingerprint density at radius 2 is 0.820 bits per heavy atom. The van der Waals surface area contributed by atoms with Gasteiger partial charge in [-0.2, -0.15) is 0 Å². The summed E-state index contributed by atoms with van der Waals surface area (Å²) in [7, 11) is 0. The molecule has 0 aliphatic heterocycles. The molecule has 0 radical (unpaired) electrons. The number of benzene rings is 11. The van der Waals surface area contributed by atoms with Crippen molar-refractivity contribution in [1.82, 2.24) is 21.3 Å². The van der Waals surface area contributed by atoms with E-state index in [2.05, 4.69) is 331 Å². The quantitative estimate of drug-likeness (QED) is 0.0542. The van der Waals surface area contributed by atoms with Crippen LogP contribution in [0.25, 0.3) is 49.2 Å². The van der Waals surface area contributed by atoms with Crippen molar-refractivity contribution in [2.75, 3.05) is 19.6 Å². The first-order valence-corrected chi connectivity index (χ1v) is 33.2. The van der Waals surface area contributed by atoms with E-state index in [0.717, 1.165) is 44.4 Å². The molecule has 89 heavy (non-hydrogen) atoms. The average Bonchev–Trinajstić information content (AvgIpc) is 2.51. The van der Waals surface area contributed by atoms with E-state index >= 15 is 0 Å². The van der Waals surface area contributed by atoms with E-state index in [1.807, 2.05) is 0 Å². The molecule has 0 aromatic heterocycles. The molecular weight excluding hydrogens is 1080 g/mol. The van der Waals surface area contributed by atoms with Crippen LogP contribution in [0.1, 0.15) is 154 Å². The molecule has 4 N–H and O–H groups in total. The summed E-state index contributed by atoms with van der Waals surface area (Å²) in [6.45, 7) is 19.6. The van der Waals surface area contributed by atoms with Crippen LogP contribution < -0.4 is 21.3 Å². The van der Waals surface area contributed by atoms with Crippen LogP contribution in [-0.2, 0) is 13.0 Å². The predicted molar refractivity (Wildman–Crippen MR) is 387 cm³/mol. The third kappa shape index (κ3) is 20.0. The van der Waals surface area contributed by atoms with Crippen LogP contribution in [0.15, 0.2) is 255 Å². The zero-order chi connectivity index (χ0) is 62.0. The Hall–Kier alpha value is -7.96. The van der Waals surface area contributed by atoms with Gasteiger partial charge in [-0.15, -0.1) is 0 Å². The third-order valence-corrected chi connectivity index (χ3v) is 18.0. The van der Waals surface area contributed by atoms with Crippen molar-refractivity contribution >= 4 is 49.2 Å². The SMILES string of the molecule is CC1CCCC(CCCN[C@H](C)c2cccc3ccccc23)C1.C[C@@H](NCc1ccccc1)c1cccc2ccccc12.Cc1cccc(/C=C/CN[C@H](C)c2cccc3ccccc23)c1.Cc1cccc(CCCN[C@H](C)c2cccc3ccccc23)c1. The van der Waals surface area contributed by atoms with Gasteiger partial charge in [0.15, 0.2) is 0 Å². The van der Waals surface area contributed by atoms with Crippen molar-refractivity contribution in [3.63, 3.8) is 0 Å². The molecule has 0 saturated heterocycles. The van der Waals surface area contributed by atoms with Gasteiger partial charge in [-0.3, -0.25) is 0 Å². The van der Waals surface area contributed by atoms with E-state index < -0.39 is 0 Å². The van der Waals surface area contributed by atoms with Crippen LogP contribution in [0.4, 0.5) is 0 Å². The molecule has 12 rings (SSSR count). The zero-order valence-electron chi connectivity index (χ0n) is 54.3. The Bertz CT molecular complexity index is 3900. The summed E-state index contributed by atoms with van der Waals surface area (Å²) in [5, 5.41) is 25.3. The lowest BCUT2D eigenvalue weighted by atomic mass is 9.80. The number of aryl methyl sites for hydroxylation is 3. The van der Waals surface area contributed by atoms with Gasteiger partial charge in [0.05, 0.1) is 0 Å². The second-order valence-electron chi connectivity index (χ2n) is 25.0. The van der Waals surface area contributed by atoms with Crippen LogP contribution in [-0.4, -0.2) is 19.6 Å². The maximum absolute atomic E-state index is 3.74. The maximum Gasteiger partial charge on any atom is 0.0301 e. The Labute approximate surface area is 534 Å². The lowest BCUT2D eigenvalue weighted by Crippen LogP contribution is -2.21. The second-order valence-corrected chi connectivity index (χ2v) is 25.0. The first-order chi connectivity index (χ1) is 43.6. The average molecular weight is 1180 g/mol. The highest BCUT2D eigenvalue weighted by Crippen LogP contribution is 2.32. The first-order valence-electron chi connectivity index (χ1n) is 33.2. The molecule has 2 unspecified atom stereocenters. The predicted octanol–water partition coefficient (Wildman–Crippen LogP) is 21.7. The topological polar surface area (TPSA) is 48.1 Å². The minimum atomic E-state index is 0.322. The highest BCUT2D eigenvalue weighted by molar-refractivity contribution is 5.88. The van der Waals surface area contributed by atoms with Crippen molar-refractivity contribution in [1.29, 1.82) is 0 Å². The fourth-order valence-electron chi connectivity index (χ4n) is 13.0. The Morgan fingerprint density at radius 3 is 1.31 bits per heavy atom. The summed E-state index contributed by atoms with van der Waals surface area (Å²) in [5.41, 5.74) is 12.2. The fraction of sp³-hybridized carbons (Fsp3) is 0.294. The van der Waals surface area contributed by atoms with Gasteiger partial charge >= 0.3 is 0 Å². The molecule has 1 fully saturated rings.